The van der Waals surface area contributed by atoms with Crippen LogP contribution >= 0.6 is 11.8 Å². The number of hydrogen-bond acceptors (Lipinski definition) is 6. The molecule has 0 spiro atoms. The number of rotatable bonds is 6. The van der Waals surface area contributed by atoms with Crippen LogP contribution in [0.5, 0.6) is 5.75 Å². The second kappa shape index (κ2) is 7.65. The van der Waals surface area contributed by atoms with Crippen molar-refractivity contribution in [3.63, 3.8) is 0 Å². The molecule has 0 saturated carbocycles. The second-order valence-corrected chi connectivity index (χ2v) is 6.33. The number of aryl methyl sites for hydroxylation is 1. The highest BCUT2D eigenvalue weighted by Crippen LogP contribution is 2.23. The zero-order valence-electron chi connectivity index (χ0n) is 12.7. The number of aromatic nitrogens is 2. The molecule has 1 atom stereocenters. The molecule has 2 heterocycles. The van der Waals surface area contributed by atoms with Gasteiger partial charge in [0.05, 0.1) is 6.10 Å². The lowest BCUT2D eigenvalue weighted by Crippen LogP contribution is -2.21. The van der Waals surface area contributed by atoms with Crippen LogP contribution in [0.3, 0.4) is 0 Å². The normalized spacial score (nSPS) is 18.3. The molecule has 6 heteroatoms. The minimum absolute atomic E-state index is 0.288. The van der Waals surface area contributed by atoms with Crippen molar-refractivity contribution < 1.29 is 13.9 Å². The van der Waals surface area contributed by atoms with E-state index in [1.807, 2.05) is 31.2 Å². The lowest BCUT2D eigenvalue weighted by Gasteiger charge is -2.21. The average molecular weight is 320 g/mol. The maximum atomic E-state index is 5.69. The van der Waals surface area contributed by atoms with E-state index in [-0.39, 0.29) is 6.61 Å². The van der Waals surface area contributed by atoms with Crippen molar-refractivity contribution in [3.05, 3.63) is 35.7 Å². The molecule has 1 unspecified atom stereocenters. The molecule has 1 fully saturated rings. The molecular formula is C16H20N2O3S. The van der Waals surface area contributed by atoms with Crippen molar-refractivity contribution in [2.75, 3.05) is 12.4 Å². The molecular weight excluding hydrogens is 300 g/mol. The molecule has 1 aliphatic rings. The molecule has 0 aliphatic carbocycles. The Labute approximate surface area is 134 Å². The van der Waals surface area contributed by atoms with Crippen LogP contribution < -0.4 is 4.74 Å². The van der Waals surface area contributed by atoms with E-state index < -0.39 is 0 Å². The quantitative estimate of drug-likeness (QED) is 0.758. The molecule has 118 valence electrons. The van der Waals surface area contributed by atoms with E-state index in [9.17, 15) is 0 Å². The highest BCUT2D eigenvalue weighted by molar-refractivity contribution is 7.99. The van der Waals surface area contributed by atoms with Gasteiger partial charge < -0.3 is 13.9 Å². The van der Waals surface area contributed by atoms with Gasteiger partial charge in [-0.05, 0) is 38.3 Å². The fourth-order valence-corrected chi connectivity index (χ4v) is 3.08. The van der Waals surface area contributed by atoms with Crippen LogP contribution in [-0.4, -0.2) is 28.7 Å². The van der Waals surface area contributed by atoms with Crippen molar-refractivity contribution in [2.45, 2.75) is 44.1 Å². The maximum Gasteiger partial charge on any atom is 0.276 e. The fraction of sp³-hybridized carbons (Fsp3) is 0.500. The summed E-state index contributed by atoms with van der Waals surface area (Å²) in [7, 11) is 0. The lowest BCUT2D eigenvalue weighted by atomic mass is 10.1. The van der Waals surface area contributed by atoms with Gasteiger partial charge in [0.2, 0.25) is 0 Å². The van der Waals surface area contributed by atoms with E-state index in [1.165, 1.54) is 18.4 Å². The Morgan fingerprint density at radius 2 is 2.09 bits per heavy atom. The molecule has 1 saturated heterocycles. The van der Waals surface area contributed by atoms with E-state index in [4.69, 9.17) is 13.9 Å². The summed E-state index contributed by atoms with van der Waals surface area (Å²) in [6.45, 7) is 3.20. The predicted octanol–water partition coefficient (Wildman–Crippen LogP) is 3.62. The minimum Gasteiger partial charge on any atom is -0.484 e. The van der Waals surface area contributed by atoms with Gasteiger partial charge in [-0.2, -0.15) is 0 Å². The molecule has 3 rings (SSSR count). The molecule has 5 nitrogen and oxygen atoms in total. The lowest BCUT2D eigenvalue weighted by molar-refractivity contribution is 0.0314. The highest BCUT2D eigenvalue weighted by atomic mass is 32.2. The zero-order chi connectivity index (χ0) is 15.2. The van der Waals surface area contributed by atoms with E-state index >= 15 is 0 Å². The van der Waals surface area contributed by atoms with Crippen LogP contribution in [0.1, 0.15) is 30.7 Å². The molecule has 22 heavy (non-hydrogen) atoms. The average Bonchev–Trinajstić information content (AvgIpc) is 3.01. The Morgan fingerprint density at radius 3 is 2.86 bits per heavy atom. The van der Waals surface area contributed by atoms with Gasteiger partial charge in [0.1, 0.15) is 5.75 Å². The Morgan fingerprint density at radius 1 is 1.23 bits per heavy atom. The molecule has 1 aromatic heterocycles. The van der Waals surface area contributed by atoms with Gasteiger partial charge in [0.15, 0.2) is 6.61 Å². The van der Waals surface area contributed by atoms with Crippen molar-refractivity contribution in [3.8, 4) is 5.75 Å². The summed E-state index contributed by atoms with van der Waals surface area (Å²) in [5.41, 5.74) is 1.20. The monoisotopic (exact) mass is 320 g/mol. The molecule has 0 bridgehead atoms. The van der Waals surface area contributed by atoms with Crippen LogP contribution in [0.4, 0.5) is 0 Å². The standard InChI is InChI=1S/C16H20N2O3S/c1-12-5-7-13(8-6-12)20-10-15-17-18-16(21-15)22-11-14-4-2-3-9-19-14/h5-8,14H,2-4,9-11H2,1H3. The smallest absolute Gasteiger partial charge is 0.276 e. The van der Waals surface area contributed by atoms with E-state index in [1.54, 1.807) is 11.8 Å². The minimum atomic E-state index is 0.288. The first-order valence-corrected chi connectivity index (χ1v) is 8.54. The Kier molecular flexibility index (Phi) is 5.34. The van der Waals surface area contributed by atoms with Gasteiger partial charge in [-0.3, -0.25) is 0 Å². The largest absolute Gasteiger partial charge is 0.484 e. The summed E-state index contributed by atoms with van der Waals surface area (Å²) in [6.07, 6.45) is 3.83. The summed E-state index contributed by atoms with van der Waals surface area (Å²) in [4.78, 5) is 0. The van der Waals surface area contributed by atoms with Gasteiger partial charge in [0.25, 0.3) is 11.1 Å². The summed E-state index contributed by atoms with van der Waals surface area (Å²) in [6, 6.07) is 7.88. The highest BCUT2D eigenvalue weighted by Gasteiger charge is 2.16. The SMILES string of the molecule is Cc1ccc(OCc2nnc(SCC3CCCCO3)o2)cc1. The molecule has 1 aliphatic heterocycles. The van der Waals surface area contributed by atoms with Gasteiger partial charge in [-0.1, -0.05) is 29.5 Å². The van der Waals surface area contributed by atoms with Gasteiger partial charge in [-0.25, -0.2) is 0 Å². The topological polar surface area (TPSA) is 57.4 Å². The summed E-state index contributed by atoms with van der Waals surface area (Å²) < 4.78 is 16.9. The van der Waals surface area contributed by atoms with Crippen molar-refractivity contribution in [1.29, 1.82) is 0 Å². The van der Waals surface area contributed by atoms with Crippen molar-refractivity contribution in [1.82, 2.24) is 10.2 Å². The van der Waals surface area contributed by atoms with Gasteiger partial charge >= 0.3 is 0 Å². The summed E-state index contributed by atoms with van der Waals surface area (Å²) in [5, 5.41) is 8.63. The fourth-order valence-electron chi connectivity index (χ4n) is 2.24. The first-order valence-electron chi connectivity index (χ1n) is 7.56. The van der Waals surface area contributed by atoms with Crippen LogP contribution in [0.2, 0.25) is 0 Å². The summed E-state index contributed by atoms with van der Waals surface area (Å²) >= 11 is 1.55. The first kappa shape index (κ1) is 15.4. The third-order valence-corrected chi connectivity index (χ3v) is 4.45. The number of thioether (sulfide) groups is 1. The third-order valence-electron chi connectivity index (χ3n) is 3.50. The Hall–Kier alpha value is -1.53. The molecule has 1 aromatic carbocycles. The number of benzene rings is 1. The Balaban J connectivity index is 1.45. The van der Waals surface area contributed by atoms with Gasteiger partial charge in [-0.15, -0.1) is 10.2 Å². The molecule has 0 amide bonds. The predicted molar refractivity (Wildman–Crippen MR) is 84.1 cm³/mol. The number of ether oxygens (including phenoxy) is 2. The van der Waals surface area contributed by atoms with Crippen molar-refractivity contribution in [2.24, 2.45) is 0 Å². The Bertz CT molecular complexity index is 579. The summed E-state index contributed by atoms with van der Waals surface area (Å²) in [5.74, 6) is 2.15. The number of nitrogens with zero attached hydrogens (tertiary/aromatic N) is 2. The van der Waals surface area contributed by atoms with Crippen LogP contribution in [0.25, 0.3) is 0 Å². The molecule has 2 aromatic rings. The third kappa shape index (κ3) is 4.48. The molecule has 0 N–H and O–H groups in total. The van der Waals surface area contributed by atoms with Crippen molar-refractivity contribution >= 4 is 11.8 Å². The number of hydrogen-bond donors (Lipinski definition) is 0. The van der Waals surface area contributed by atoms with E-state index in [2.05, 4.69) is 10.2 Å². The van der Waals surface area contributed by atoms with Crippen LogP contribution in [0.15, 0.2) is 33.9 Å². The maximum absolute atomic E-state index is 5.69. The van der Waals surface area contributed by atoms with Gasteiger partial charge in [0, 0.05) is 12.4 Å². The zero-order valence-corrected chi connectivity index (χ0v) is 13.5. The molecule has 0 radical (unpaired) electrons. The van der Waals surface area contributed by atoms with E-state index in [0.717, 1.165) is 24.5 Å². The van der Waals surface area contributed by atoms with Crippen LogP contribution in [-0.2, 0) is 11.3 Å². The van der Waals surface area contributed by atoms with E-state index in [0.29, 0.717) is 17.2 Å². The van der Waals surface area contributed by atoms with Crippen LogP contribution in [0, 0.1) is 6.92 Å². The first-order chi connectivity index (χ1) is 10.8. The second-order valence-electron chi connectivity index (χ2n) is 5.36.